The topological polar surface area (TPSA) is 62.7 Å². The number of anilines is 1. The number of hydrogen-bond donors (Lipinski definition) is 1. The molecule has 1 fully saturated rings. The van der Waals surface area contributed by atoms with Crippen LogP contribution in [0.1, 0.15) is 12.8 Å². The summed E-state index contributed by atoms with van der Waals surface area (Å²) in [4.78, 5) is 18.2. The Morgan fingerprint density at radius 3 is 2.95 bits per heavy atom. The fourth-order valence-corrected chi connectivity index (χ4v) is 2.44. The monoisotopic (exact) mass is 286 g/mol. The van der Waals surface area contributed by atoms with E-state index in [2.05, 4.69) is 4.98 Å². The SMILES string of the molecule is COC(=O)C1(CO)CCCN(c2ccccn2)C1.Cl. The molecule has 106 valence electrons. The fraction of sp³-hybridized carbons (Fsp3) is 0.538. The molecule has 1 aromatic heterocycles. The summed E-state index contributed by atoms with van der Waals surface area (Å²) in [6.45, 7) is 1.10. The van der Waals surface area contributed by atoms with Crippen LogP contribution in [0.15, 0.2) is 24.4 Å². The van der Waals surface area contributed by atoms with Crippen molar-refractivity contribution in [3.8, 4) is 0 Å². The van der Waals surface area contributed by atoms with E-state index in [1.54, 1.807) is 6.20 Å². The summed E-state index contributed by atoms with van der Waals surface area (Å²) in [6.07, 6.45) is 3.22. The molecule has 0 saturated carbocycles. The molecule has 1 aromatic rings. The lowest BCUT2D eigenvalue weighted by Gasteiger charge is -2.40. The number of pyridine rings is 1. The lowest BCUT2D eigenvalue weighted by Crippen LogP contribution is -2.50. The molecule has 2 heterocycles. The van der Waals surface area contributed by atoms with Gasteiger partial charge in [0.05, 0.1) is 13.7 Å². The van der Waals surface area contributed by atoms with Gasteiger partial charge in [0, 0.05) is 19.3 Å². The van der Waals surface area contributed by atoms with Gasteiger partial charge in [-0.3, -0.25) is 4.79 Å². The number of aromatic nitrogens is 1. The second-order valence-corrected chi connectivity index (χ2v) is 4.64. The van der Waals surface area contributed by atoms with Gasteiger partial charge in [-0.15, -0.1) is 12.4 Å². The van der Waals surface area contributed by atoms with Gasteiger partial charge in [-0.25, -0.2) is 4.98 Å². The van der Waals surface area contributed by atoms with Gasteiger partial charge in [-0.1, -0.05) is 6.07 Å². The maximum Gasteiger partial charge on any atom is 0.315 e. The highest BCUT2D eigenvalue weighted by Gasteiger charge is 2.43. The first-order valence-corrected chi connectivity index (χ1v) is 6.07. The van der Waals surface area contributed by atoms with Crippen LogP contribution in [0, 0.1) is 5.41 Å². The predicted molar refractivity (Wildman–Crippen MR) is 74.5 cm³/mol. The number of rotatable bonds is 3. The van der Waals surface area contributed by atoms with Gasteiger partial charge >= 0.3 is 5.97 Å². The van der Waals surface area contributed by atoms with Crippen LogP contribution in [0.25, 0.3) is 0 Å². The summed E-state index contributed by atoms with van der Waals surface area (Å²) < 4.78 is 4.82. The molecule has 19 heavy (non-hydrogen) atoms. The Morgan fingerprint density at radius 1 is 1.58 bits per heavy atom. The van der Waals surface area contributed by atoms with Crippen molar-refractivity contribution >= 4 is 24.2 Å². The van der Waals surface area contributed by atoms with Crippen molar-refractivity contribution in [3.63, 3.8) is 0 Å². The summed E-state index contributed by atoms with van der Waals surface area (Å²) in [5.41, 5.74) is -0.815. The Balaban J connectivity index is 0.00000180. The molecule has 5 nitrogen and oxygen atoms in total. The van der Waals surface area contributed by atoms with E-state index in [1.807, 2.05) is 23.1 Å². The Labute approximate surface area is 119 Å². The summed E-state index contributed by atoms with van der Waals surface area (Å²) in [5, 5.41) is 9.56. The summed E-state index contributed by atoms with van der Waals surface area (Å²) in [5.74, 6) is 0.490. The third kappa shape index (κ3) is 3.16. The van der Waals surface area contributed by atoms with Gasteiger partial charge in [0.1, 0.15) is 11.2 Å². The van der Waals surface area contributed by atoms with E-state index in [1.165, 1.54) is 7.11 Å². The van der Waals surface area contributed by atoms with E-state index >= 15 is 0 Å². The summed E-state index contributed by atoms with van der Waals surface area (Å²) in [7, 11) is 1.36. The number of halogens is 1. The van der Waals surface area contributed by atoms with E-state index in [-0.39, 0.29) is 25.0 Å². The minimum Gasteiger partial charge on any atom is -0.468 e. The number of esters is 1. The number of aliphatic hydroxyl groups is 1. The second kappa shape index (κ2) is 6.73. The van der Waals surface area contributed by atoms with Crippen LogP contribution < -0.4 is 4.90 Å². The minimum absolute atomic E-state index is 0. The van der Waals surface area contributed by atoms with Crippen LogP contribution >= 0.6 is 12.4 Å². The van der Waals surface area contributed by atoms with Crippen molar-refractivity contribution < 1.29 is 14.6 Å². The Kier molecular flexibility index (Phi) is 5.57. The molecular formula is C13H19ClN2O3. The van der Waals surface area contributed by atoms with Crippen molar-refractivity contribution in [2.45, 2.75) is 12.8 Å². The maximum atomic E-state index is 11.9. The van der Waals surface area contributed by atoms with E-state index in [0.717, 1.165) is 18.8 Å². The highest BCUT2D eigenvalue weighted by atomic mass is 35.5. The molecule has 1 unspecified atom stereocenters. The minimum atomic E-state index is -0.815. The van der Waals surface area contributed by atoms with Crippen molar-refractivity contribution in [1.29, 1.82) is 0 Å². The highest BCUT2D eigenvalue weighted by molar-refractivity contribution is 5.85. The smallest absolute Gasteiger partial charge is 0.315 e. The fourth-order valence-electron chi connectivity index (χ4n) is 2.44. The first kappa shape index (κ1) is 15.7. The zero-order chi connectivity index (χ0) is 13.0. The third-order valence-electron chi connectivity index (χ3n) is 3.47. The molecule has 0 amide bonds. The van der Waals surface area contributed by atoms with E-state index in [0.29, 0.717) is 13.0 Å². The average molecular weight is 287 g/mol. The van der Waals surface area contributed by atoms with Crippen molar-refractivity contribution in [3.05, 3.63) is 24.4 Å². The second-order valence-electron chi connectivity index (χ2n) is 4.64. The van der Waals surface area contributed by atoms with Crippen molar-refractivity contribution in [2.24, 2.45) is 5.41 Å². The molecular weight excluding hydrogens is 268 g/mol. The third-order valence-corrected chi connectivity index (χ3v) is 3.47. The molecule has 6 heteroatoms. The van der Waals surface area contributed by atoms with Gasteiger partial charge in [-0.05, 0) is 25.0 Å². The summed E-state index contributed by atoms with van der Waals surface area (Å²) >= 11 is 0. The van der Waals surface area contributed by atoms with Crippen LogP contribution in [-0.2, 0) is 9.53 Å². The molecule has 0 radical (unpaired) electrons. The number of hydrogen-bond acceptors (Lipinski definition) is 5. The lowest BCUT2D eigenvalue weighted by molar-refractivity contribution is -0.156. The van der Waals surface area contributed by atoms with Gasteiger partial charge < -0.3 is 14.7 Å². The molecule has 1 atom stereocenters. The zero-order valence-corrected chi connectivity index (χ0v) is 11.7. The van der Waals surface area contributed by atoms with Gasteiger partial charge in [0.25, 0.3) is 0 Å². The lowest BCUT2D eigenvalue weighted by atomic mass is 9.80. The van der Waals surface area contributed by atoms with Crippen LogP contribution in [-0.4, -0.2) is 42.9 Å². The van der Waals surface area contributed by atoms with Crippen LogP contribution in [0.2, 0.25) is 0 Å². The van der Waals surface area contributed by atoms with Gasteiger partial charge in [0.2, 0.25) is 0 Å². The Morgan fingerprint density at radius 2 is 2.37 bits per heavy atom. The molecule has 1 aliphatic rings. The number of aliphatic hydroxyl groups excluding tert-OH is 1. The Hall–Kier alpha value is -1.33. The summed E-state index contributed by atoms with van der Waals surface area (Å²) in [6, 6.07) is 5.67. The molecule has 1 N–H and O–H groups in total. The van der Waals surface area contributed by atoms with Crippen LogP contribution in [0.4, 0.5) is 5.82 Å². The molecule has 1 saturated heterocycles. The van der Waals surface area contributed by atoms with E-state index in [4.69, 9.17) is 4.74 Å². The zero-order valence-electron chi connectivity index (χ0n) is 10.9. The van der Waals surface area contributed by atoms with Gasteiger partial charge in [-0.2, -0.15) is 0 Å². The van der Waals surface area contributed by atoms with Crippen molar-refractivity contribution in [2.75, 3.05) is 31.7 Å². The molecule has 0 spiro atoms. The highest BCUT2D eigenvalue weighted by Crippen LogP contribution is 2.32. The number of carbonyl (C=O) groups is 1. The maximum absolute atomic E-state index is 11.9. The normalized spacial score (nSPS) is 22.5. The number of piperidine rings is 1. The molecule has 0 aliphatic carbocycles. The predicted octanol–water partition coefficient (Wildman–Crippen LogP) is 1.26. The standard InChI is InChI=1S/C13H18N2O3.ClH/c1-18-12(17)13(10-16)6-4-8-15(9-13)11-5-2-3-7-14-11;/h2-3,5,7,16H,4,6,8-10H2,1H3;1H. The number of nitrogens with zero attached hydrogens (tertiary/aromatic N) is 2. The van der Waals surface area contributed by atoms with Crippen LogP contribution in [0.3, 0.4) is 0 Å². The molecule has 1 aliphatic heterocycles. The Bertz CT molecular complexity index is 416. The quantitative estimate of drug-likeness (QED) is 0.848. The number of ether oxygens (including phenoxy) is 1. The van der Waals surface area contributed by atoms with Gasteiger partial charge in [0.15, 0.2) is 0 Å². The van der Waals surface area contributed by atoms with E-state index in [9.17, 15) is 9.90 Å². The van der Waals surface area contributed by atoms with Crippen LogP contribution in [0.5, 0.6) is 0 Å². The van der Waals surface area contributed by atoms with Crippen molar-refractivity contribution in [1.82, 2.24) is 4.98 Å². The largest absolute Gasteiger partial charge is 0.468 e. The van der Waals surface area contributed by atoms with E-state index < -0.39 is 5.41 Å². The molecule has 0 aromatic carbocycles. The average Bonchev–Trinajstić information content (AvgIpc) is 2.47. The molecule has 2 rings (SSSR count). The number of methoxy groups -OCH3 is 1. The molecule has 0 bridgehead atoms. The first-order chi connectivity index (χ1) is 8.72. The first-order valence-electron chi connectivity index (χ1n) is 6.07. The number of carbonyl (C=O) groups excluding carboxylic acids is 1.